The molecule has 29 heavy (non-hydrogen) atoms. The van der Waals surface area contributed by atoms with Gasteiger partial charge in [0.1, 0.15) is 11.3 Å². The lowest BCUT2D eigenvalue weighted by Gasteiger charge is -2.26. The Morgan fingerprint density at radius 1 is 0.966 bits per heavy atom. The molecule has 0 N–H and O–H groups in total. The fraction of sp³-hybridized carbons (Fsp3) is 0.273. The number of aryl methyl sites for hydroxylation is 1. The van der Waals surface area contributed by atoms with Crippen molar-refractivity contribution in [3.8, 4) is 23.0 Å². The van der Waals surface area contributed by atoms with Crippen molar-refractivity contribution in [1.29, 1.82) is 0 Å². The number of carbonyl (C=O) groups excluding carboxylic acids is 1. The molecule has 1 aliphatic rings. The molecule has 1 aliphatic heterocycles. The molecule has 0 amide bonds. The van der Waals surface area contributed by atoms with Gasteiger partial charge >= 0.3 is 11.6 Å². The highest BCUT2D eigenvalue weighted by atomic mass is 16.5. The van der Waals surface area contributed by atoms with Gasteiger partial charge in [0, 0.05) is 22.9 Å². The number of fused-ring (bicyclic) bond motifs is 3. The highest BCUT2D eigenvalue weighted by Gasteiger charge is 2.33. The molecule has 0 bridgehead atoms. The Kier molecular flexibility index (Phi) is 4.66. The van der Waals surface area contributed by atoms with Crippen LogP contribution in [0.15, 0.2) is 39.5 Å². The van der Waals surface area contributed by atoms with E-state index in [0.29, 0.717) is 34.1 Å². The summed E-state index contributed by atoms with van der Waals surface area (Å²) in [5.41, 5.74) is 2.16. The fourth-order valence-corrected chi connectivity index (χ4v) is 3.83. The second-order valence-electron chi connectivity index (χ2n) is 6.79. The van der Waals surface area contributed by atoms with Crippen molar-refractivity contribution in [1.82, 2.24) is 0 Å². The van der Waals surface area contributed by atoms with Gasteiger partial charge in [-0.3, -0.25) is 4.79 Å². The molecule has 0 spiro atoms. The first-order valence-corrected chi connectivity index (χ1v) is 9.04. The third-order valence-corrected chi connectivity index (χ3v) is 5.15. The lowest BCUT2D eigenvalue weighted by molar-refractivity contribution is -0.135. The minimum atomic E-state index is -0.455. The van der Waals surface area contributed by atoms with Crippen molar-refractivity contribution in [2.24, 2.45) is 0 Å². The maximum absolute atomic E-state index is 12.3. The van der Waals surface area contributed by atoms with Gasteiger partial charge in [0.15, 0.2) is 11.5 Å². The molecular weight excluding hydrogens is 376 g/mol. The molecule has 0 saturated carbocycles. The Bertz CT molecular complexity index is 1150. The molecule has 1 aromatic heterocycles. The summed E-state index contributed by atoms with van der Waals surface area (Å²) in [5, 5.41) is 0.791. The third-order valence-electron chi connectivity index (χ3n) is 5.15. The van der Waals surface area contributed by atoms with E-state index in [4.69, 9.17) is 23.4 Å². The van der Waals surface area contributed by atoms with Crippen LogP contribution in [0.2, 0.25) is 0 Å². The van der Waals surface area contributed by atoms with E-state index < -0.39 is 11.5 Å². The van der Waals surface area contributed by atoms with E-state index >= 15 is 0 Å². The lowest BCUT2D eigenvalue weighted by Crippen LogP contribution is -2.22. The zero-order valence-corrected chi connectivity index (χ0v) is 16.5. The maximum Gasteiger partial charge on any atom is 0.336 e. The monoisotopic (exact) mass is 396 g/mol. The van der Waals surface area contributed by atoms with Gasteiger partial charge < -0.3 is 23.4 Å². The molecule has 0 aliphatic carbocycles. The molecule has 0 fully saturated rings. The molecule has 0 radical (unpaired) electrons. The first-order valence-electron chi connectivity index (χ1n) is 9.04. The zero-order chi connectivity index (χ0) is 20.7. The predicted molar refractivity (Wildman–Crippen MR) is 105 cm³/mol. The van der Waals surface area contributed by atoms with Crippen LogP contribution in [-0.4, -0.2) is 27.3 Å². The van der Waals surface area contributed by atoms with E-state index in [1.54, 1.807) is 24.3 Å². The smallest absolute Gasteiger partial charge is 0.336 e. The van der Waals surface area contributed by atoms with E-state index in [0.717, 1.165) is 16.5 Å². The SMILES string of the molecule is COc1cc(C2CC(=O)Oc3ccc4c(C)cc(=O)oc4c32)cc(OC)c1OC. The van der Waals surface area contributed by atoms with Crippen molar-refractivity contribution < 1.29 is 28.2 Å². The number of hydrogen-bond acceptors (Lipinski definition) is 7. The average molecular weight is 396 g/mol. The molecule has 0 saturated heterocycles. The Hall–Kier alpha value is -3.48. The van der Waals surface area contributed by atoms with Crippen molar-refractivity contribution >= 4 is 16.9 Å². The molecule has 4 rings (SSSR count). The molecule has 2 heterocycles. The number of benzene rings is 2. The number of methoxy groups -OCH3 is 3. The normalized spacial score (nSPS) is 15.6. The predicted octanol–water partition coefficient (Wildman–Crippen LogP) is 3.57. The third kappa shape index (κ3) is 3.08. The summed E-state index contributed by atoms with van der Waals surface area (Å²) >= 11 is 0. The van der Waals surface area contributed by atoms with Gasteiger partial charge in [-0.1, -0.05) is 0 Å². The zero-order valence-electron chi connectivity index (χ0n) is 16.5. The summed E-state index contributed by atoms with van der Waals surface area (Å²) in [6.45, 7) is 1.84. The highest BCUT2D eigenvalue weighted by molar-refractivity contribution is 5.90. The number of esters is 1. The Balaban J connectivity index is 2.01. The van der Waals surface area contributed by atoms with Gasteiger partial charge in [-0.15, -0.1) is 0 Å². The van der Waals surface area contributed by atoms with Crippen LogP contribution in [0.4, 0.5) is 0 Å². The van der Waals surface area contributed by atoms with E-state index in [2.05, 4.69) is 0 Å². The first-order chi connectivity index (χ1) is 14.0. The second-order valence-corrected chi connectivity index (χ2v) is 6.79. The van der Waals surface area contributed by atoms with Gasteiger partial charge in [-0.05, 0) is 42.3 Å². The molecule has 7 nitrogen and oxygen atoms in total. The number of hydrogen-bond donors (Lipinski definition) is 0. The maximum atomic E-state index is 12.3. The van der Waals surface area contributed by atoms with Crippen LogP contribution in [0, 0.1) is 6.92 Å². The number of rotatable bonds is 4. The van der Waals surface area contributed by atoms with Crippen LogP contribution in [-0.2, 0) is 4.79 Å². The largest absolute Gasteiger partial charge is 0.493 e. The van der Waals surface area contributed by atoms with Crippen LogP contribution < -0.4 is 24.6 Å². The van der Waals surface area contributed by atoms with E-state index in [1.165, 1.54) is 27.4 Å². The summed E-state index contributed by atoms with van der Waals surface area (Å²) in [6.07, 6.45) is 0.0857. The Morgan fingerprint density at radius 2 is 1.66 bits per heavy atom. The van der Waals surface area contributed by atoms with Crippen molar-refractivity contribution in [3.05, 3.63) is 57.4 Å². The van der Waals surface area contributed by atoms with Crippen molar-refractivity contribution in [2.75, 3.05) is 21.3 Å². The van der Waals surface area contributed by atoms with Crippen LogP contribution >= 0.6 is 0 Å². The Labute approximate surface area is 166 Å². The molecule has 2 aromatic carbocycles. The average Bonchev–Trinajstić information content (AvgIpc) is 2.71. The number of carbonyl (C=O) groups is 1. The molecular formula is C22H20O7. The quantitative estimate of drug-likeness (QED) is 0.379. The molecule has 3 aromatic rings. The van der Waals surface area contributed by atoms with Gasteiger partial charge in [0.2, 0.25) is 5.75 Å². The van der Waals surface area contributed by atoms with E-state index in [9.17, 15) is 9.59 Å². The summed E-state index contributed by atoms with van der Waals surface area (Å²) in [4.78, 5) is 24.4. The standard InChI is InChI=1S/C22H20O7/c1-11-7-18(23)29-21-13(11)5-6-15-20(21)14(10-19(24)28-15)12-8-16(25-2)22(27-4)17(9-12)26-3/h5-9,14H,10H2,1-4H3. The van der Waals surface area contributed by atoms with Gasteiger partial charge in [0.05, 0.1) is 27.8 Å². The number of ether oxygens (including phenoxy) is 4. The topological polar surface area (TPSA) is 84.2 Å². The minimum absolute atomic E-state index is 0.0857. The molecule has 7 heteroatoms. The van der Waals surface area contributed by atoms with E-state index in [-0.39, 0.29) is 12.4 Å². The molecule has 1 atom stereocenters. The summed E-state index contributed by atoms with van der Waals surface area (Å²) in [5.74, 6) is 0.999. The molecule has 1 unspecified atom stereocenters. The van der Waals surface area contributed by atoms with Crippen molar-refractivity contribution in [2.45, 2.75) is 19.3 Å². The second kappa shape index (κ2) is 7.16. The first kappa shape index (κ1) is 18.9. The summed E-state index contributed by atoms with van der Waals surface area (Å²) in [7, 11) is 4.59. The highest BCUT2D eigenvalue weighted by Crippen LogP contribution is 2.47. The molecule has 150 valence electrons. The fourth-order valence-electron chi connectivity index (χ4n) is 3.83. The van der Waals surface area contributed by atoms with Crippen LogP contribution in [0.5, 0.6) is 23.0 Å². The van der Waals surface area contributed by atoms with Crippen LogP contribution in [0.3, 0.4) is 0 Å². The Morgan fingerprint density at radius 3 is 2.28 bits per heavy atom. The van der Waals surface area contributed by atoms with Crippen LogP contribution in [0.25, 0.3) is 11.0 Å². The summed E-state index contributed by atoms with van der Waals surface area (Å²) in [6, 6.07) is 8.55. The van der Waals surface area contributed by atoms with Gasteiger partial charge in [0.25, 0.3) is 0 Å². The van der Waals surface area contributed by atoms with Gasteiger partial charge in [-0.2, -0.15) is 0 Å². The van der Waals surface area contributed by atoms with Crippen molar-refractivity contribution in [3.63, 3.8) is 0 Å². The lowest BCUT2D eigenvalue weighted by atomic mass is 9.84. The van der Waals surface area contributed by atoms with E-state index in [1.807, 2.05) is 6.92 Å². The van der Waals surface area contributed by atoms with Gasteiger partial charge in [-0.25, -0.2) is 4.79 Å². The van der Waals surface area contributed by atoms with Crippen LogP contribution in [0.1, 0.15) is 29.0 Å². The summed E-state index contributed by atoms with van der Waals surface area (Å²) < 4.78 is 27.3. The minimum Gasteiger partial charge on any atom is -0.493 e.